The van der Waals surface area contributed by atoms with E-state index < -0.39 is 10.0 Å². The summed E-state index contributed by atoms with van der Waals surface area (Å²) in [5, 5.41) is 0.595. The molecule has 5 nitrogen and oxygen atoms in total. The number of rotatable bonds is 4. The minimum absolute atomic E-state index is 0.223. The van der Waals surface area contributed by atoms with E-state index in [1.54, 1.807) is 11.0 Å². The number of hydrogen-bond donors (Lipinski definition) is 0. The van der Waals surface area contributed by atoms with Gasteiger partial charge in [0.25, 0.3) is 0 Å². The Morgan fingerprint density at radius 1 is 1.30 bits per heavy atom. The second-order valence-electron chi connectivity index (χ2n) is 5.93. The predicted molar refractivity (Wildman–Crippen MR) is 93.6 cm³/mol. The van der Waals surface area contributed by atoms with Gasteiger partial charge in [0, 0.05) is 18.1 Å². The molecule has 1 aromatic carbocycles. The van der Waals surface area contributed by atoms with Crippen LogP contribution in [0, 0.1) is 5.92 Å². The molecule has 0 radical (unpaired) electrons. The third-order valence-corrected chi connectivity index (χ3v) is 5.67. The SMILES string of the molecule is CC1CCN(C(=O)CN(c2cc(Cl)ccc2Cl)S(C)(=O)=O)CC1. The first kappa shape index (κ1) is 18.4. The summed E-state index contributed by atoms with van der Waals surface area (Å²) >= 11 is 12.0. The van der Waals surface area contributed by atoms with E-state index in [1.165, 1.54) is 12.1 Å². The second kappa shape index (κ2) is 7.28. The summed E-state index contributed by atoms with van der Waals surface area (Å²) < 4.78 is 25.3. The lowest BCUT2D eigenvalue weighted by atomic mass is 9.99. The van der Waals surface area contributed by atoms with Crippen LogP contribution in [0.2, 0.25) is 10.0 Å². The molecule has 1 aliphatic rings. The fraction of sp³-hybridized carbons (Fsp3) is 0.533. The largest absolute Gasteiger partial charge is 0.341 e. The van der Waals surface area contributed by atoms with Crippen LogP contribution in [-0.2, 0) is 14.8 Å². The highest BCUT2D eigenvalue weighted by Gasteiger charge is 2.27. The number of amides is 1. The highest BCUT2D eigenvalue weighted by Crippen LogP contribution is 2.30. The van der Waals surface area contributed by atoms with E-state index in [2.05, 4.69) is 6.92 Å². The van der Waals surface area contributed by atoms with Crippen LogP contribution in [0.3, 0.4) is 0 Å². The van der Waals surface area contributed by atoms with Gasteiger partial charge in [-0.25, -0.2) is 8.42 Å². The van der Waals surface area contributed by atoms with Gasteiger partial charge >= 0.3 is 0 Å². The molecular weight excluding hydrogens is 359 g/mol. The van der Waals surface area contributed by atoms with Gasteiger partial charge < -0.3 is 4.90 Å². The molecule has 0 aliphatic carbocycles. The number of piperidine rings is 1. The van der Waals surface area contributed by atoms with E-state index in [0.29, 0.717) is 24.0 Å². The molecule has 0 bridgehead atoms. The number of hydrogen-bond acceptors (Lipinski definition) is 3. The Morgan fingerprint density at radius 2 is 1.91 bits per heavy atom. The molecule has 1 saturated heterocycles. The summed E-state index contributed by atoms with van der Waals surface area (Å²) in [5.74, 6) is 0.366. The van der Waals surface area contributed by atoms with Crippen molar-refractivity contribution in [2.24, 2.45) is 5.92 Å². The highest BCUT2D eigenvalue weighted by atomic mass is 35.5. The van der Waals surface area contributed by atoms with Crippen molar-refractivity contribution in [2.45, 2.75) is 19.8 Å². The quantitative estimate of drug-likeness (QED) is 0.808. The lowest BCUT2D eigenvalue weighted by Gasteiger charge is -2.32. The lowest BCUT2D eigenvalue weighted by Crippen LogP contribution is -2.45. The van der Waals surface area contributed by atoms with Gasteiger partial charge in [0.05, 0.1) is 17.0 Å². The first-order chi connectivity index (χ1) is 10.7. The number of anilines is 1. The zero-order chi connectivity index (χ0) is 17.2. The fourth-order valence-corrected chi connectivity index (χ4v) is 3.83. The Labute approximate surface area is 147 Å². The molecule has 23 heavy (non-hydrogen) atoms. The van der Waals surface area contributed by atoms with Gasteiger partial charge in [0.2, 0.25) is 15.9 Å². The number of carbonyl (C=O) groups excluding carboxylic acids is 1. The van der Waals surface area contributed by atoms with Gasteiger partial charge in [-0.2, -0.15) is 0 Å². The van der Waals surface area contributed by atoms with Crippen molar-refractivity contribution in [3.05, 3.63) is 28.2 Å². The van der Waals surface area contributed by atoms with E-state index >= 15 is 0 Å². The molecule has 8 heteroatoms. The average molecular weight is 379 g/mol. The van der Waals surface area contributed by atoms with E-state index in [-0.39, 0.29) is 23.2 Å². The molecule has 0 unspecified atom stereocenters. The van der Waals surface area contributed by atoms with Gasteiger partial charge in [-0.05, 0) is 37.0 Å². The number of benzene rings is 1. The molecule has 2 rings (SSSR count). The molecule has 1 amide bonds. The molecule has 0 saturated carbocycles. The summed E-state index contributed by atoms with van der Waals surface area (Å²) in [6.07, 6.45) is 2.92. The summed E-state index contributed by atoms with van der Waals surface area (Å²) in [5.41, 5.74) is 0.223. The fourth-order valence-electron chi connectivity index (χ4n) is 2.54. The zero-order valence-corrected chi connectivity index (χ0v) is 15.5. The minimum atomic E-state index is -3.66. The van der Waals surface area contributed by atoms with Crippen molar-refractivity contribution in [1.29, 1.82) is 0 Å². The van der Waals surface area contributed by atoms with Crippen molar-refractivity contribution in [3.63, 3.8) is 0 Å². The molecule has 1 aliphatic heterocycles. The normalized spacial score (nSPS) is 16.4. The number of halogens is 2. The monoisotopic (exact) mass is 378 g/mol. The smallest absolute Gasteiger partial charge is 0.243 e. The maximum absolute atomic E-state index is 12.5. The molecule has 0 aromatic heterocycles. The Hall–Kier alpha value is -0.980. The average Bonchev–Trinajstić information content (AvgIpc) is 2.47. The number of nitrogens with zero attached hydrogens (tertiary/aromatic N) is 2. The lowest BCUT2D eigenvalue weighted by molar-refractivity contribution is -0.130. The first-order valence-corrected chi connectivity index (χ1v) is 9.99. The van der Waals surface area contributed by atoms with Crippen molar-refractivity contribution in [1.82, 2.24) is 4.90 Å². The van der Waals surface area contributed by atoms with Gasteiger partial charge in [0.15, 0.2) is 0 Å². The Bertz CT molecular complexity index is 686. The van der Waals surface area contributed by atoms with E-state index in [0.717, 1.165) is 23.4 Å². The zero-order valence-electron chi connectivity index (χ0n) is 13.1. The van der Waals surface area contributed by atoms with Gasteiger partial charge in [0.1, 0.15) is 6.54 Å². The summed E-state index contributed by atoms with van der Waals surface area (Å²) in [6, 6.07) is 4.54. The Kier molecular flexibility index (Phi) is 5.81. The van der Waals surface area contributed by atoms with E-state index in [4.69, 9.17) is 23.2 Å². The standard InChI is InChI=1S/C15H20Cl2N2O3S/c1-11-5-7-18(8-6-11)15(20)10-19(23(2,21)22)14-9-12(16)3-4-13(14)17/h3-4,9,11H,5-8,10H2,1-2H3. The molecule has 128 valence electrons. The van der Waals surface area contributed by atoms with Crippen LogP contribution in [0.1, 0.15) is 19.8 Å². The molecule has 1 heterocycles. The molecular formula is C15H20Cl2N2O3S. The van der Waals surface area contributed by atoms with Crippen molar-refractivity contribution in [2.75, 3.05) is 30.2 Å². The van der Waals surface area contributed by atoms with Crippen LogP contribution >= 0.6 is 23.2 Å². The van der Waals surface area contributed by atoms with Gasteiger partial charge in [-0.15, -0.1) is 0 Å². The van der Waals surface area contributed by atoms with Crippen LogP contribution in [0.5, 0.6) is 0 Å². The van der Waals surface area contributed by atoms with Gasteiger partial charge in [-0.3, -0.25) is 9.10 Å². The van der Waals surface area contributed by atoms with Crippen LogP contribution in [0.4, 0.5) is 5.69 Å². The van der Waals surface area contributed by atoms with Crippen LogP contribution < -0.4 is 4.31 Å². The third-order valence-electron chi connectivity index (χ3n) is 3.99. The molecule has 0 N–H and O–H groups in total. The molecule has 0 spiro atoms. The van der Waals surface area contributed by atoms with Crippen LogP contribution in [0.25, 0.3) is 0 Å². The van der Waals surface area contributed by atoms with Crippen LogP contribution in [0.15, 0.2) is 18.2 Å². The summed E-state index contributed by atoms with van der Waals surface area (Å²) in [7, 11) is -3.66. The Morgan fingerprint density at radius 3 is 2.48 bits per heavy atom. The van der Waals surface area contributed by atoms with Gasteiger partial charge in [-0.1, -0.05) is 30.1 Å². The van der Waals surface area contributed by atoms with Crippen molar-refractivity contribution >= 4 is 44.8 Å². The third kappa shape index (κ3) is 4.75. The van der Waals surface area contributed by atoms with Crippen molar-refractivity contribution < 1.29 is 13.2 Å². The predicted octanol–water partition coefficient (Wildman–Crippen LogP) is 3.02. The highest BCUT2D eigenvalue weighted by molar-refractivity contribution is 7.92. The maximum atomic E-state index is 12.5. The van der Waals surface area contributed by atoms with E-state index in [9.17, 15) is 13.2 Å². The number of sulfonamides is 1. The number of carbonyl (C=O) groups is 1. The topological polar surface area (TPSA) is 57.7 Å². The maximum Gasteiger partial charge on any atom is 0.243 e. The number of likely N-dealkylation sites (tertiary alicyclic amines) is 1. The second-order valence-corrected chi connectivity index (χ2v) is 8.68. The molecule has 1 fully saturated rings. The van der Waals surface area contributed by atoms with E-state index in [1.807, 2.05) is 0 Å². The summed E-state index contributed by atoms with van der Waals surface area (Å²) in [6.45, 7) is 3.19. The Balaban J connectivity index is 2.23. The van der Waals surface area contributed by atoms with Crippen LogP contribution in [-0.4, -0.2) is 45.1 Å². The molecule has 0 atom stereocenters. The summed E-state index contributed by atoms with van der Waals surface area (Å²) in [4.78, 5) is 14.2. The van der Waals surface area contributed by atoms with Crippen molar-refractivity contribution in [3.8, 4) is 0 Å². The minimum Gasteiger partial charge on any atom is -0.341 e. The molecule has 1 aromatic rings. The first-order valence-electron chi connectivity index (χ1n) is 7.39.